The lowest BCUT2D eigenvalue weighted by molar-refractivity contribution is -0.113. The molecule has 0 aliphatic carbocycles. The van der Waals surface area contributed by atoms with Gasteiger partial charge in [0, 0.05) is 16.4 Å². The minimum absolute atomic E-state index is 0.0958. The van der Waals surface area contributed by atoms with E-state index in [0.29, 0.717) is 11.6 Å². The average molecular weight is 441 g/mol. The van der Waals surface area contributed by atoms with Crippen molar-refractivity contribution in [3.63, 3.8) is 0 Å². The van der Waals surface area contributed by atoms with Gasteiger partial charge in [-0.15, -0.1) is 0 Å². The van der Waals surface area contributed by atoms with Gasteiger partial charge in [0.1, 0.15) is 22.8 Å². The van der Waals surface area contributed by atoms with Crippen molar-refractivity contribution in [1.29, 1.82) is 0 Å². The van der Waals surface area contributed by atoms with Crippen LogP contribution in [0, 0.1) is 20.8 Å². The molecule has 0 radical (unpaired) electrons. The molecule has 0 aliphatic heterocycles. The summed E-state index contributed by atoms with van der Waals surface area (Å²) in [5, 5.41) is 5.35. The molecule has 0 saturated heterocycles. The molecule has 0 fully saturated rings. The summed E-state index contributed by atoms with van der Waals surface area (Å²) in [7, 11) is 0. The van der Waals surface area contributed by atoms with Crippen LogP contribution in [0.15, 0.2) is 52.4 Å². The Kier molecular flexibility index (Phi) is 5.83. The van der Waals surface area contributed by atoms with Crippen LogP contribution in [0.4, 0.5) is 5.69 Å². The number of amides is 1. The highest BCUT2D eigenvalue weighted by Crippen LogP contribution is 2.32. The maximum Gasteiger partial charge on any atom is 0.234 e. The number of furan rings is 1. The first-order chi connectivity index (χ1) is 14.4. The average Bonchev–Trinajstić information content (AvgIpc) is 3.32. The molecule has 8 heteroatoms. The van der Waals surface area contributed by atoms with E-state index >= 15 is 0 Å². The molecule has 30 heavy (non-hydrogen) atoms. The molecule has 3 heterocycles. The normalized spacial score (nSPS) is 11.2. The maximum absolute atomic E-state index is 12.5. The number of aromatic nitrogens is 3. The summed E-state index contributed by atoms with van der Waals surface area (Å²) < 4.78 is 7.62. The fourth-order valence-corrected chi connectivity index (χ4v) is 4.46. The number of aryl methyl sites for hydroxylation is 2. The topological polar surface area (TPSA) is 73.0 Å². The minimum atomic E-state index is -0.0958. The van der Waals surface area contributed by atoms with Crippen LogP contribution >= 0.6 is 23.4 Å². The largest absolute Gasteiger partial charge is 0.467 e. The second kappa shape index (κ2) is 8.53. The molecule has 1 aromatic carbocycles. The van der Waals surface area contributed by atoms with E-state index in [1.165, 1.54) is 11.8 Å². The minimum Gasteiger partial charge on any atom is -0.467 e. The van der Waals surface area contributed by atoms with Crippen molar-refractivity contribution in [3.05, 3.63) is 70.5 Å². The van der Waals surface area contributed by atoms with Gasteiger partial charge in [0.2, 0.25) is 5.91 Å². The van der Waals surface area contributed by atoms with Crippen molar-refractivity contribution in [1.82, 2.24) is 14.5 Å². The number of fused-ring (bicyclic) bond motifs is 1. The molecule has 154 valence electrons. The van der Waals surface area contributed by atoms with Gasteiger partial charge in [0.05, 0.1) is 23.9 Å². The number of anilines is 1. The predicted octanol–water partition coefficient (Wildman–Crippen LogP) is 5.38. The Morgan fingerprint density at radius 3 is 2.80 bits per heavy atom. The number of hydrogen-bond donors (Lipinski definition) is 1. The summed E-state index contributed by atoms with van der Waals surface area (Å²) in [5.74, 6) is 1.01. The van der Waals surface area contributed by atoms with Crippen molar-refractivity contribution >= 4 is 46.0 Å². The molecule has 0 unspecified atom stereocenters. The molecule has 6 nitrogen and oxygen atoms in total. The highest BCUT2D eigenvalue weighted by Gasteiger charge is 2.18. The van der Waals surface area contributed by atoms with Crippen molar-refractivity contribution in [3.8, 4) is 0 Å². The first kappa shape index (κ1) is 20.5. The van der Waals surface area contributed by atoms with E-state index in [9.17, 15) is 4.79 Å². The molecule has 1 amide bonds. The standard InChI is InChI=1S/C22H21ClN4O2S/c1-13-9-16(23)6-7-18(13)26-19(28)11-30-22-20-14(2)15(3)27(21(20)24-12-25-22)10-17-5-4-8-29-17/h4-9,12H,10-11H2,1-3H3,(H,26,28). The zero-order valence-electron chi connectivity index (χ0n) is 16.9. The molecule has 4 aromatic rings. The Morgan fingerprint density at radius 2 is 2.07 bits per heavy atom. The van der Waals surface area contributed by atoms with Gasteiger partial charge in [-0.2, -0.15) is 0 Å². The van der Waals surface area contributed by atoms with Crippen LogP contribution in [0.2, 0.25) is 5.02 Å². The highest BCUT2D eigenvalue weighted by atomic mass is 35.5. The van der Waals surface area contributed by atoms with Gasteiger partial charge in [-0.3, -0.25) is 4.79 Å². The molecule has 0 bridgehead atoms. The predicted molar refractivity (Wildman–Crippen MR) is 120 cm³/mol. The van der Waals surface area contributed by atoms with Crippen LogP contribution < -0.4 is 5.32 Å². The van der Waals surface area contributed by atoms with E-state index < -0.39 is 0 Å². The van der Waals surface area contributed by atoms with E-state index in [1.54, 1.807) is 18.7 Å². The fraction of sp³-hybridized carbons (Fsp3) is 0.227. The maximum atomic E-state index is 12.5. The number of carbonyl (C=O) groups is 1. The van der Waals surface area contributed by atoms with E-state index in [0.717, 1.165) is 44.3 Å². The Morgan fingerprint density at radius 1 is 1.23 bits per heavy atom. The molecule has 0 spiro atoms. The molecule has 3 aromatic heterocycles. The summed E-state index contributed by atoms with van der Waals surface area (Å²) in [5.41, 5.74) is 4.73. The number of thioether (sulfide) groups is 1. The van der Waals surface area contributed by atoms with Gasteiger partial charge in [-0.05, 0) is 62.2 Å². The van der Waals surface area contributed by atoms with Crippen LogP contribution in [0.3, 0.4) is 0 Å². The third kappa shape index (κ3) is 4.08. The number of benzene rings is 1. The van der Waals surface area contributed by atoms with Crippen molar-refractivity contribution in [2.75, 3.05) is 11.1 Å². The zero-order chi connectivity index (χ0) is 21.3. The lowest BCUT2D eigenvalue weighted by atomic mass is 10.2. The van der Waals surface area contributed by atoms with Gasteiger partial charge in [0.15, 0.2) is 0 Å². The van der Waals surface area contributed by atoms with Gasteiger partial charge in [-0.1, -0.05) is 23.4 Å². The second-order valence-electron chi connectivity index (χ2n) is 7.05. The number of halogens is 1. The molecule has 1 N–H and O–H groups in total. The van der Waals surface area contributed by atoms with Crippen LogP contribution in [0.5, 0.6) is 0 Å². The lowest BCUT2D eigenvalue weighted by Gasteiger charge is -2.09. The molecular weight excluding hydrogens is 420 g/mol. The van der Waals surface area contributed by atoms with Gasteiger partial charge in [-0.25, -0.2) is 9.97 Å². The van der Waals surface area contributed by atoms with Crippen LogP contribution in [-0.2, 0) is 11.3 Å². The van der Waals surface area contributed by atoms with Crippen LogP contribution in [0.1, 0.15) is 22.6 Å². The number of nitrogens with one attached hydrogen (secondary N) is 1. The molecule has 0 aliphatic rings. The van der Waals surface area contributed by atoms with Gasteiger partial charge >= 0.3 is 0 Å². The third-order valence-corrected chi connectivity index (χ3v) is 6.29. The van der Waals surface area contributed by atoms with E-state index in [2.05, 4.69) is 33.7 Å². The summed E-state index contributed by atoms with van der Waals surface area (Å²) in [6, 6.07) is 9.22. The fourth-order valence-electron chi connectivity index (χ4n) is 3.38. The van der Waals surface area contributed by atoms with Crippen molar-refractivity contribution in [2.45, 2.75) is 32.3 Å². The Labute approximate surface area is 183 Å². The molecular formula is C22H21ClN4O2S. The summed E-state index contributed by atoms with van der Waals surface area (Å²) in [4.78, 5) is 21.4. The molecule has 0 saturated carbocycles. The van der Waals surface area contributed by atoms with Gasteiger partial charge < -0.3 is 14.3 Å². The van der Waals surface area contributed by atoms with E-state index in [1.807, 2.05) is 31.2 Å². The third-order valence-electron chi connectivity index (χ3n) is 5.07. The SMILES string of the molecule is Cc1cc(Cl)ccc1NC(=O)CSc1ncnc2c1c(C)c(C)n2Cc1ccco1. The smallest absolute Gasteiger partial charge is 0.234 e. The lowest BCUT2D eigenvalue weighted by Crippen LogP contribution is -2.15. The Hall–Kier alpha value is -2.77. The summed E-state index contributed by atoms with van der Waals surface area (Å²) in [6.07, 6.45) is 3.21. The van der Waals surface area contributed by atoms with Crippen molar-refractivity contribution in [2.24, 2.45) is 0 Å². The van der Waals surface area contributed by atoms with E-state index in [4.69, 9.17) is 16.0 Å². The zero-order valence-corrected chi connectivity index (χ0v) is 18.5. The number of nitrogens with zero attached hydrogens (tertiary/aromatic N) is 3. The number of hydrogen-bond acceptors (Lipinski definition) is 5. The van der Waals surface area contributed by atoms with E-state index in [-0.39, 0.29) is 11.7 Å². The number of rotatable bonds is 6. The first-order valence-corrected chi connectivity index (χ1v) is 10.8. The second-order valence-corrected chi connectivity index (χ2v) is 8.45. The quantitative estimate of drug-likeness (QED) is 0.322. The molecule has 4 rings (SSSR count). The van der Waals surface area contributed by atoms with Gasteiger partial charge in [0.25, 0.3) is 0 Å². The Balaban J connectivity index is 1.55. The van der Waals surface area contributed by atoms with Crippen molar-refractivity contribution < 1.29 is 9.21 Å². The number of carbonyl (C=O) groups excluding carboxylic acids is 1. The van der Waals surface area contributed by atoms with Crippen LogP contribution in [0.25, 0.3) is 11.0 Å². The highest BCUT2D eigenvalue weighted by molar-refractivity contribution is 8.00. The summed E-state index contributed by atoms with van der Waals surface area (Å²) >= 11 is 7.39. The Bertz CT molecular complexity index is 1220. The first-order valence-electron chi connectivity index (χ1n) is 9.45. The monoisotopic (exact) mass is 440 g/mol. The van der Waals surface area contributed by atoms with Crippen LogP contribution in [-0.4, -0.2) is 26.2 Å². The summed E-state index contributed by atoms with van der Waals surface area (Å²) in [6.45, 7) is 6.63. The molecule has 0 atom stereocenters.